The van der Waals surface area contributed by atoms with Gasteiger partial charge < -0.3 is 15.4 Å². The van der Waals surface area contributed by atoms with Crippen molar-refractivity contribution in [2.45, 2.75) is 18.9 Å². The Labute approximate surface area is 166 Å². The van der Waals surface area contributed by atoms with E-state index in [4.69, 9.17) is 4.74 Å². The summed E-state index contributed by atoms with van der Waals surface area (Å²) in [7, 11) is 1.79. The van der Waals surface area contributed by atoms with Gasteiger partial charge in [-0.25, -0.2) is 4.39 Å². The highest BCUT2D eigenvalue weighted by atomic mass is 127. The van der Waals surface area contributed by atoms with Crippen LogP contribution in [0.3, 0.4) is 0 Å². The van der Waals surface area contributed by atoms with E-state index in [1.807, 2.05) is 6.07 Å². The van der Waals surface area contributed by atoms with Crippen LogP contribution in [0.4, 0.5) is 4.39 Å². The lowest BCUT2D eigenvalue weighted by Gasteiger charge is -2.35. The zero-order valence-electron chi connectivity index (χ0n) is 14.7. The summed E-state index contributed by atoms with van der Waals surface area (Å²) in [6.45, 7) is 4.82. The number of nitrogens with zero attached hydrogens (tertiary/aromatic N) is 2. The largest absolute Gasteiger partial charge is 0.379 e. The van der Waals surface area contributed by atoms with Gasteiger partial charge in [-0.2, -0.15) is 0 Å². The Hall–Kier alpha value is -0.930. The van der Waals surface area contributed by atoms with Crippen LogP contribution in [0.5, 0.6) is 0 Å². The molecule has 1 aliphatic heterocycles. The van der Waals surface area contributed by atoms with E-state index in [2.05, 4.69) is 20.5 Å². The smallest absolute Gasteiger partial charge is 0.191 e. The molecule has 1 aromatic rings. The van der Waals surface area contributed by atoms with Crippen LogP contribution in [0.1, 0.15) is 24.4 Å². The molecule has 1 heterocycles. The van der Waals surface area contributed by atoms with Crippen molar-refractivity contribution in [3.63, 3.8) is 0 Å². The number of rotatable bonds is 6. The molecule has 0 radical (unpaired) electrons. The average Bonchev–Trinajstić information content (AvgIpc) is 3.43. The first kappa shape index (κ1) is 20.4. The first-order valence-electron chi connectivity index (χ1n) is 8.78. The van der Waals surface area contributed by atoms with Gasteiger partial charge in [0.15, 0.2) is 5.96 Å². The first-order valence-corrected chi connectivity index (χ1v) is 8.78. The van der Waals surface area contributed by atoms with Gasteiger partial charge in [-0.15, -0.1) is 24.0 Å². The van der Waals surface area contributed by atoms with E-state index in [0.717, 1.165) is 50.3 Å². The molecule has 1 atom stereocenters. The maximum Gasteiger partial charge on any atom is 0.191 e. The molecule has 0 amide bonds. The third-order valence-electron chi connectivity index (χ3n) is 4.66. The average molecular weight is 462 g/mol. The van der Waals surface area contributed by atoms with E-state index in [1.165, 1.54) is 18.9 Å². The molecular weight excluding hydrogens is 434 g/mol. The molecule has 1 unspecified atom stereocenters. The number of nitrogens with one attached hydrogen (secondary N) is 2. The molecule has 2 fully saturated rings. The lowest BCUT2D eigenvalue weighted by molar-refractivity contribution is 0.0169. The van der Waals surface area contributed by atoms with Crippen molar-refractivity contribution < 1.29 is 9.13 Å². The Bertz CT molecular complexity index is 562. The van der Waals surface area contributed by atoms with E-state index < -0.39 is 0 Å². The summed E-state index contributed by atoms with van der Waals surface area (Å²) in [6.07, 6.45) is 2.62. The van der Waals surface area contributed by atoms with Gasteiger partial charge in [0.25, 0.3) is 0 Å². The molecule has 0 aromatic heterocycles. The first-order chi connectivity index (χ1) is 11.8. The number of guanidine groups is 1. The Morgan fingerprint density at radius 3 is 2.72 bits per heavy atom. The summed E-state index contributed by atoms with van der Waals surface area (Å²) in [5.41, 5.74) is 0.988. The molecule has 1 aromatic carbocycles. The molecule has 0 spiro atoms. The molecule has 7 heteroatoms. The minimum Gasteiger partial charge on any atom is -0.379 e. The van der Waals surface area contributed by atoms with Crippen LogP contribution < -0.4 is 10.6 Å². The molecule has 25 heavy (non-hydrogen) atoms. The molecule has 0 bridgehead atoms. The van der Waals surface area contributed by atoms with Crippen LogP contribution in [0.25, 0.3) is 0 Å². The molecule has 140 valence electrons. The van der Waals surface area contributed by atoms with Gasteiger partial charge >= 0.3 is 0 Å². The number of aliphatic imine (C=N–C) groups is 1. The Morgan fingerprint density at radius 1 is 1.32 bits per heavy atom. The van der Waals surface area contributed by atoms with Crippen LogP contribution in [0.2, 0.25) is 0 Å². The predicted octanol–water partition coefficient (Wildman–Crippen LogP) is 2.39. The number of halogens is 2. The van der Waals surface area contributed by atoms with Crippen LogP contribution in [0, 0.1) is 11.7 Å². The minimum atomic E-state index is -0.193. The standard InChI is InChI=1S/C18H27FN4O.HI/c1-20-18(21-12-14-5-6-14)22-13-17(23-7-9-24-10-8-23)15-3-2-4-16(19)11-15;/h2-4,11,14,17H,5-10,12-13H2,1H3,(H2,20,21,22);1H. The fourth-order valence-electron chi connectivity index (χ4n) is 3.04. The lowest BCUT2D eigenvalue weighted by atomic mass is 10.0. The zero-order chi connectivity index (χ0) is 16.8. The van der Waals surface area contributed by atoms with E-state index >= 15 is 0 Å². The monoisotopic (exact) mass is 462 g/mol. The van der Waals surface area contributed by atoms with E-state index in [1.54, 1.807) is 19.2 Å². The highest BCUT2D eigenvalue weighted by Gasteiger charge is 2.24. The van der Waals surface area contributed by atoms with E-state index in [9.17, 15) is 4.39 Å². The summed E-state index contributed by atoms with van der Waals surface area (Å²) >= 11 is 0. The fraction of sp³-hybridized carbons (Fsp3) is 0.611. The van der Waals surface area contributed by atoms with Crippen LogP contribution >= 0.6 is 24.0 Å². The lowest BCUT2D eigenvalue weighted by Crippen LogP contribution is -2.46. The van der Waals surface area contributed by atoms with E-state index in [-0.39, 0.29) is 35.8 Å². The van der Waals surface area contributed by atoms with Gasteiger partial charge in [-0.1, -0.05) is 12.1 Å². The highest BCUT2D eigenvalue weighted by molar-refractivity contribution is 14.0. The van der Waals surface area contributed by atoms with Crippen LogP contribution in [-0.2, 0) is 4.74 Å². The third kappa shape index (κ3) is 6.38. The quantitative estimate of drug-likeness (QED) is 0.388. The highest BCUT2D eigenvalue weighted by Crippen LogP contribution is 2.27. The van der Waals surface area contributed by atoms with E-state index in [0.29, 0.717) is 6.54 Å². The van der Waals surface area contributed by atoms with Crippen molar-refractivity contribution in [1.82, 2.24) is 15.5 Å². The van der Waals surface area contributed by atoms with Gasteiger partial charge in [0.05, 0.1) is 19.3 Å². The predicted molar refractivity (Wildman–Crippen MR) is 109 cm³/mol. The molecule has 2 N–H and O–H groups in total. The fourth-order valence-corrected chi connectivity index (χ4v) is 3.04. The van der Waals surface area contributed by atoms with Crippen molar-refractivity contribution in [3.8, 4) is 0 Å². The van der Waals surface area contributed by atoms with Gasteiger partial charge in [-0.3, -0.25) is 9.89 Å². The summed E-state index contributed by atoms with van der Waals surface area (Å²) in [5.74, 6) is 1.42. The number of hydrogen-bond donors (Lipinski definition) is 2. The summed E-state index contributed by atoms with van der Waals surface area (Å²) in [4.78, 5) is 6.64. The number of morpholine rings is 1. The summed E-state index contributed by atoms with van der Waals surface area (Å²) < 4.78 is 19.1. The van der Waals surface area contributed by atoms with Gasteiger partial charge in [-0.05, 0) is 36.5 Å². The van der Waals surface area contributed by atoms with Gasteiger partial charge in [0, 0.05) is 33.2 Å². The summed E-state index contributed by atoms with van der Waals surface area (Å²) in [5, 5.41) is 6.78. The topological polar surface area (TPSA) is 48.9 Å². The second-order valence-corrected chi connectivity index (χ2v) is 6.50. The minimum absolute atomic E-state index is 0. The molecule has 1 saturated heterocycles. The number of benzene rings is 1. The van der Waals surface area contributed by atoms with Crippen molar-refractivity contribution in [3.05, 3.63) is 35.6 Å². The second kappa shape index (κ2) is 10.3. The maximum absolute atomic E-state index is 13.7. The van der Waals surface area contributed by atoms with Crippen LogP contribution in [0.15, 0.2) is 29.3 Å². The van der Waals surface area contributed by atoms with Gasteiger partial charge in [0.2, 0.25) is 0 Å². The second-order valence-electron chi connectivity index (χ2n) is 6.50. The normalized spacial score (nSPS) is 19.8. The van der Waals surface area contributed by atoms with Crippen molar-refractivity contribution in [2.75, 3.05) is 46.4 Å². The van der Waals surface area contributed by atoms with Crippen molar-refractivity contribution in [1.29, 1.82) is 0 Å². The Kier molecular flexibility index (Phi) is 8.38. The summed E-state index contributed by atoms with van der Waals surface area (Å²) in [6, 6.07) is 6.99. The molecule has 1 aliphatic carbocycles. The Balaban J connectivity index is 0.00000225. The van der Waals surface area contributed by atoms with Crippen molar-refractivity contribution in [2.24, 2.45) is 10.9 Å². The van der Waals surface area contributed by atoms with Crippen molar-refractivity contribution >= 4 is 29.9 Å². The maximum atomic E-state index is 13.7. The molecule has 5 nitrogen and oxygen atoms in total. The van der Waals surface area contributed by atoms with Gasteiger partial charge in [0.1, 0.15) is 5.82 Å². The molecule has 1 saturated carbocycles. The molecule has 3 rings (SSSR count). The molecular formula is C18H28FIN4O. The SMILES string of the molecule is CN=C(NCC1CC1)NCC(c1cccc(F)c1)N1CCOCC1.I. The van der Waals surface area contributed by atoms with Crippen LogP contribution in [-0.4, -0.2) is 57.3 Å². The Morgan fingerprint density at radius 2 is 2.08 bits per heavy atom. The third-order valence-corrected chi connectivity index (χ3v) is 4.66. The number of ether oxygens (including phenoxy) is 1. The zero-order valence-corrected chi connectivity index (χ0v) is 17.0. The number of hydrogen-bond acceptors (Lipinski definition) is 3. The molecule has 2 aliphatic rings.